The number of anilines is 1. The van der Waals surface area contributed by atoms with Crippen LogP contribution in [-0.2, 0) is 0 Å². The molecule has 1 saturated heterocycles. The van der Waals surface area contributed by atoms with Gasteiger partial charge in [-0.1, -0.05) is 12.1 Å². The summed E-state index contributed by atoms with van der Waals surface area (Å²) in [6, 6.07) is 12.6. The Morgan fingerprint density at radius 2 is 1.62 bits per heavy atom. The zero-order chi connectivity index (χ0) is 17.1. The van der Waals surface area contributed by atoms with E-state index in [1.54, 1.807) is 14.2 Å². The molecule has 0 radical (unpaired) electrons. The SMILES string of the molecule is COc1cc(OC)cc(N2CC(N)CC(c3ccc(F)cc3)C2)c1. The Hall–Kier alpha value is -2.27. The van der Waals surface area contributed by atoms with Crippen molar-refractivity contribution in [2.24, 2.45) is 5.73 Å². The lowest BCUT2D eigenvalue weighted by molar-refractivity contribution is 0.393. The monoisotopic (exact) mass is 330 g/mol. The van der Waals surface area contributed by atoms with Gasteiger partial charge in [-0.3, -0.25) is 0 Å². The van der Waals surface area contributed by atoms with E-state index in [2.05, 4.69) is 4.90 Å². The first kappa shape index (κ1) is 16.6. The second kappa shape index (κ2) is 7.09. The molecule has 24 heavy (non-hydrogen) atoms. The number of piperidine rings is 1. The van der Waals surface area contributed by atoms with Gasteiger partial charge < -0.3 is 20.1 Å². The highest BCUT2D eigenvalue weighted by atomic mass is 19.1. The summed E-state index contributed by atoms with van der Waals surface area (Å²) in [5.41, 5.74) is 8.42. The normalized spacial score (nSPS) is 20.8. The average molecular weight is 330 g/mol. The number of nitrogens with two attached hydrogens (primary N) is 1. The van der Waals surface area contributed by atoms with Crippen LogP contribution in [-0.4, -0.2) is 33.4 Å². The second-order valence-corrected chi connectivity index (χ2v) is 6.22. The van der Waals surface area contributed by atoms with Crippen LogP contribution in [0, 0.1) is 5.82 Å². The number of halogens is 1. The molecule has 1 heterocycles. The Bertz CT molecular complexity index is 668. The van der Waals surface area contributed by atoms with Crippen LogP contribution in [0.25, 0.3) is 0 Å². The number of benzene rings is 2. The predicted molar refractivity (Wildman–Crippen MR) is 93.5 cm³/mol. The molecule has 1 fully saturated rings. The van der Waals surface area contributed by atoms with Gasteiger partial charge in [0.2, 0.25) is 0 Å². The highest BCUT2D eigenvalue weighted by molar-refractivity contribution is 5.56. The van der Waals surface area contributed by atoms with Crippen molar-refractivity contribution in [3.8, 4) is 11.5 Å². The standard InChI is InChI=1S/C19H23FN2O2/c1-23-18-8-17(9-19(10-18)24-2)22-11-14(7-16(21)12-22)13-3-5-15(20)6-4-13/h3-6,8-10,14,16H,7,11-12,21H2,1-2H3. The number of ether oxygens (including phenoxy) is 2. The molecule has 1 aliphatic heterocycles. The van der Waals surface area contributed by atoms with Crippen LogP contribution in [0.4, 0.5) is 10.1 Å². The first-order valence-corrected chi connectivity index (χ1v) is 8.08. The van der Waals surface area contributed by atoms with Crippen LogP contribution in [0.2, 0.25) is 0 Å². The van der Waals surface area contributed by atoms with E-state index in [0.29, 0.717) is 0 Å². The van der Waals surface area contributed by atoms with Crippen LogP contribution in [0.5, 0.6) is 11.5 Å². The van der Waals surface area contributed by atoms with Crippen molar-refractivity contribution in [1.82, 2.24) is 0 Å². The molecule has 0 amide bonds. The van der Waals surface area contributed by atoms with Crippen molar-refractivity contribution in [2.45, 2.75) is 18.4 Å². The van der Waals surface area contributed by atoms with Gasteiger partial charge in [0.25, 0.3) is 0 Å². The predicted octanol–water partition coefficient (Wildman–Crippen LogP) is 3.16. The van der Waals surface area contributed by atoms with Gasteiger partial charge in [0.15, 0.2) is 0 Å². The molecule has 3 rings (SSSR count). The van der Waals surface area contributed by atoms with Crippen LogP contribution in [0.3, 0.4) is 0 Å². The van der Waals surface area contributed by atoms with E-state index in [1.165, 1.54) is 12.1 Å². The zero-order valence-electron chi connectivity index (χ0n) is 14.0. The van der Waals surface area contributed by atoms with Crippen molar-refractivity contribution >= 4 is 5.69 Å². The van der Waals surface area contributed by atoms with E-state index in [0.717, 1.165) is 42.3 Å². The first-order valence-electron chi connectivity index (χ1n) is 8.08. The van der Waals surface area contributed by atoms with Gasteiger partial charge in [0, 0.05) is 48.9 Å². The van der Waals surface area contributed by atoms with Gasteiger partial charge in [-0.05, 0) is 24.1 Å². The third-order valence-corrected chi connectivity index (χ3v) is 4.53. The maximum absolute atomic E-state index is 13.2. The van der Waals surface area contributed by atoms with Crippen molar-refractivity contribution in [3.05, 3.63) is 53.8 Å². The minimum Gasteiger partial charge on any atom is -0.497 e. The summed E-state index contributed by atoms with van der Waals surface area (Å²) in [5.74, 6) is 1.56. The minimum atomic E-state index is -0.215. The molecule has 2 aromatic carbocycles. The van der Waals surface area contributed by atoms with E-state index in [9.17, 15) is 4.39 Å². The van der Waals surface area contributed by atoms with E-state index >= 15 is 0 Å². The molecular weight excluding hydrogens is 307 g/mol. The summed E-state index contributed by atoms with van der Waals surface area (Å²) in [6.07, 6.45) is 0.892. The Morgan fingerprint density at radius 3 is 2.21 bits per heavy atom. The molecule has 2 unspecified atom stereocenters. The summed E-state index contributed by atoms with van der Waals surface area (Å²) in [6.45, 7) is 1.60. The minimum absolute atomic E-state index is 0.0611. The van der Waals surface area contributed by atoms with Crippen molar-refractivity contribution < 1.29 is 13.9 Å². The van der Waals surface area contributed by atoms with E-state index in [4.69, 9.17) is 15.2 Å². The summed E-state index contributed by atoms with van der Waals surface area (Å²) in [7, 11) is 3.28. The van der Waals surface area contributed by atoms with Gasteiger partial charge in [0.05, 0.1) is 14.2 Å². The fraction of sp³-hybridized carbons (Fsp3) is 0.368. The van der Waals surface area contributed by atoms with Crippen LogP contribution >= 0.6 is 0 Å². The lowest BCUT2D eigenvalue weighted by Crippen LogP contribution is -2.46. The molecule has 1 aliphatic rings. The Labute approximate surface area is 142 Å². The first-order chi connectivity index (χ1) is 11.6. The third kappa shape index (κ3) is 3.62. The molecule has 128 valence electrons. The quantitative estimate of drug-likeness (QED) is 0.935. The number of methoxy groups -OCH3 is 2. The maximum Gasteiger partial charge on any atom is 0.124 e. The zero-order valence-corrected chi connectivity index (χ0v) is 14.0. The van der Waals surface area contributed by atoms with Crippen LogP contribution in [0.15, 0.2) is 42.5 Å². The molecule has 0 aliphatic carbocycles. The van der Waals surface area contributed by atoms with Gasteiger partial charge in [-0.25, -0.2) is 4.39 Å². The summed E-state index contributed by atoms with van der Waals surface area (Å²) in [4.78, 5) is 2.24. The Morgan fingerprint density at radius 1 is 1.00 bits per heavy atom. The number of rotatable bonds is 4. The number of nitrogens with zero attached hydrogens (tertiary/aromatic N) is 1. The molecule has 2 atom stereocenters. The molecule has 0 saturated carbocycles. The topological polar surface area (TPSA) is 47.7 Å². The fourth-order valence-electron chi connectivity index (χ4n) is 3.30. The smallest absolute Gasteiger partial charge is 0.124 e. The van der Waals surface area contributed by atoms with Gasteiger partial charge >= 0.3 is 0 Å². The van der Waals surface area contributed by atoms with E-state index in [1.807, 2.05) is 30.3 Å². The summed E-state index contributed by atoms with van der Waals surface area (Å²) < 4.78 is 23.9. The molecule has 4 nitrogen and oxygen atoms in total. The summed E-state index contributed by atoms with van der Waals surface area (Å²) in [5, 5.41) is 0. The lowest BCUT2D eigenvalue weighted by Gasteiger charge is -2.38. The van der Waals surface area contributed by atoms with Crippen LogP contribution < -0.4 is 20.1 Å². The molecule has 2 N–H and O–H groups in total. The molecule has 2 aromatic rings. The largest absolute Gasteiger partial charge is 0.497 e. The highest BCUT2D eigenvalue weighted by Crippen LogP contribution is 2.33. The Kier molecular flexibility index (Phi) is 4.90. The highest BCUT2D eigenvalue weighted by Gasteiger charge is 2.27. The van der Waals surface area contributed by atoms with Gasteiger partial charge in [0.1, 0.15) is 17.3 Å². The second-order valence-electron chi connectivity index (χ2n) is 6.22. The van der Waals surface area contributed by atoms with Crippen molar-refractivity contribution in [2.75, 3.05) is 32.2 Å². The van der Waals surface area contributed by atoms with E-state index in [-0.39, 0.29) is 17.8 Å². The maximum atomic E-state index is 13.2. The van der Waals surface area contributed by atoms with Crippen molar-refractivity contribution in [1.29, 1.82) is 0 Å². The van der Waals surface area contributed by atoms with E-state index < -0.39 is 0 Å². The number of hydrogen-bond donors (Lipinski definition) is 1. The van der Waals surface area contributed by atoms with Crippen molar-refractivity contribution in [3.63, 3.8) is 0 Å². The van der Waals surface area contributed by atoms with Gasteiger partial charge in [-0.15, -0.1) is 0 Å². The lowest BCUT2D eigenvalue weighted by atomic mass is 9.88. The third-order valence-electron chi connectivity index (χ3n) is 4.53. The summed E-state index contributed by atoms with van der Waals surface area (Å²) >= 11 is 0. The average Bonchev–Trinajstić information content (AvgIpc) is 2.61. The molecular formula is C19H23FN2O2. The molecule has 0 bridgehead atoms. The molecule has 5 heteroatoms. The Balaban J connectivity index is 1.86. The molecule has 0 spiro atoms. The van der Waals surface area contributed by atoms with Gasteiger partial charge in [-0.2, -0.15) is 0 Å². The fourth-order valence-corrected chi connectivity index (χ4v) is 3.30. The van der Waals surface area contributed by atoms with Crippen LogP contribution in [0.1, 0.15) is 17.9 Å². The molecule has 0 aromatic heterocycles. The number of hydrogen-bond acceptors (Lipinski definition) is 4.